The maximum Gasteiger partial charge on any atom is 0.308 e. The Balaban J connectivity index is 1.21. The van der Waals surface area contributed by atoms with E-state index >= 15 is 0 Å². The van der Waals surface area contributed by atoms with Gasteiger partial charge in [0.2, 0.25) is 11.8 Å². The topological polar surface area (TPSA) is 156 Å². The van der Waals surface area contributed by atoms with Crippen molar-refractivity contribution >= 4 is 40.7 Å². The number of pyridine rings is 2. The molecule has 3 aromatic heterocycles. The molecule has 0 bridgehead atoms. The Kier molecular flexibility index (Phi) is 11.8. The Bertz CT molecular complexity index is 2180. The van der Waals surface area contributed by atoms with Crippen LogP contribution in [0.4, 0.5) is 0 Å². The van der Waals surface area contributed by atoms with Crippen LogP contribution in [0.5, 0.6) is 5.88 Å². The molecule has 0 radical (unpaired) electrons. The lowest BCUT2D eigenvalue weighted by Gasteiger charge is -2.16. The Hall–Kier alpha value is -4.85. The van der Waals surface area contributed by atoms with Gasteiger partial charge in [-0.05, 0) is 30.2 Å². The van der Waals surface area contributed by atoms with E-state index < -0.39 is 12.1 Å². The number of ether oxygens (including phenoxy) is 2. The predicted octanol–water partition coefficient (Wildman–Crippen LogP) is 4.79. The summed E-state index contributed by atoms with van der Waals surface area (Å²) in [6, 6.07) is 19.0. The van der Waals surface area contributed by atoms with E-state index in [-0.39, 0.29) is 37.0 Å². The average molecular weight is 746 g/mol. The number of nitrogens with zero attached hydrogens (tertiary/aromatic N) is 3. The van der Waals surface area contributed by atoms with Gasteiger partial charge in [0.25, 0.3) is 5.56 Å². The Labute approximate surface area is 310 Å². The van der Waals surface area contributed by atoms with E-state index in [4.69, 9.17) is 32.9 Å². The molecule has 2 atom stereocenters. The fourth-order valence-electron chi connectivity index (χ4n) is 6.17. The predicted molar refractivity (Wildman–Crippen MR) is 199 cm³/mol. The third-order valence-electron chi connectivity index (χ3n) is 8.90. The molecule has 14 heteroatoms. The van der Waals surface area contributed by atoms with Crippen molar-refractivity contribution in [3.8, 4) is 39.4 Å². The monoisotopic (exact) mass is 744 g/mol. The van der Waals surface area contributed by atoms with Crippen LogP contribution in [0, 0.1) is 0 Å². The van der Waals surface area contributed by atoms with Gasteiger partial charge in [0.1, 0.15) is 5.65 Å². The lowest BCUT2D eigenvalue weighted by Crippen LogP contribution is -2.35. The Morgan fingerprint density at radius 1 is 0.981 bits per heavy atom. The molecule has 0 aliphatic carbocycles. The van der Waals surface area contributed by atoms with Crippen molar-refractivity contribution in [1.82, 2.24) is 30.3 Å². The number of rotatable bonds is 14. The number of fused-ring (bicyclic) bond motifs is 1. The molecule has 1 aliphatic heterocycles. The van der Waals surface area contributed by atoms with E-state index in [1.807, 2.05) is 48.5 Å². The molecule has 0 saturated carbocycles. The van der Waals surface area contributed by atoms with Gasteiger partial charge in [0.05, 0.1) is 42.5 Å². The molecule has 1 amide bonds. The number of hydrogen-bond acceptors (Lipinski definition) is 10. The van der Waals surface area contributed by atoms with Crippen LogP contribution < -0.4 is 26.2 Å². The average Bonchev–Trinajstić information content (AvgIpc) is 3.57. The molecule has 5 aromatic rings. The second kappa shape index (κ2) is 16.7. The minimum absolute atomic E-state index is 0.0843. The van der Waals surface area contributed by atoms with Crippen LogP contribution in [0.1, 0.15) is 30.4 Å². The van der Waals surface area contributed by atoms with Crippen LogP contribution in [-0.4, -0.2) is 70.8 Å². The normalized spacial score (nSPS) is 14.7. The quantitative estimate of drug-likeness (QED) is 0.117. The van der Waals surface area contributed by atoms with Gasteiger partial charge in [-0.2, -0.15) is 0 Å². The molecular weight excluding hydrogens is 707 g/mol. The van der Waals surface area contributed by atoms with Crippen molar-refractivity contribution in [1.29, 1.82) is 0 Å². The second-order valence-corrected chi connectivity index (χ2v) is 13.2. The number of benzene rings is 2. The summed E-state index contributed by atoms with van der Waals surface area (Å²) in [4.78, 5) is 45.4. The largest absolute Gasteiger partial charge is 0.481 e. The fourth-order valence-corrected chi connectivity index (χ4v) is 6.83. The van der Waals surface area contributed by atoms with Gasteiger partial charge in [0, 0.05) is 84.4 Å². The highest BCUT2D eigenvalue weighted by Crippen LogP contribution is 2.42. The first-order valence-corrected chi connectivity index (χ1v) is 17.5. The first-order chi connectivity index (χ1) is 25.2. The molecule has 270 valence electrons. The van der Waals surface area contributed by atoms with Gasteiger partial charge in [-0.25, -0.2) is 9.97 Å². The van der Waals surface area contributed by atoms with E-state index in [0.717, 1.165) is 34.2 Å². The van der Waals surface area contributed by atoms with Crippen LogP contribution in [0.25, 0.3) is 39.2 Å². The van der Waals surface area contributed by atoms with Gasteiger partial charge in [-0.3, -0.25) is 18.8 Å². The molecule has 2 aromatic carbocycles. The van der Waals surface area contributed by atoms with Gasteiger partial charge in [-0.1, -0.05) is 65.7 Å². The minimum Gasteiger partial charge on any atom is -0.481 e. The zero-order valence-corrected chi connectivity index (χ0v) is 30.1. The number of aromatic nitrogens is 3. The highest BCUT2D eigenvalue weighted by Gasteiger charge is 2.21. The molecule has 1 fully saturated rings. The van der Waals surface area contributed by atoms with Crippen LogP contribution in [0.3, 0.4) is 0 Å². The molecule has 4 heterocycles. The molecule has 6 rings (SSSR count). The number of aliphatic hydroxyl groups excluding tert-OH is 1. The molecule has 52 heavy (non-hydrogen) atoms. The molecule has 4 N–H and O–H groups in total. The first-order valence-electron chi connectivity index (χ1n) is 16.7. The van der Waals surface area contributed by atoms with Crippen molar-refractivity contribution in [2.75, 3.05) is 27.3 Å². The van der Waals surface area contributed by atoms with Crippen molar-refractivity contribution in [2.45, 2.75) is 44.5 Å². The summed E-state index contributed by atoms with van der Waals surface area (Å²) in [6.45, 7) is 1.46. The van der Waals surface area contributed by atoms with E-state index in [1.54, 1.807) is 25.4 Å². The lowest BCUT2D eigenvalue weighted by atomic mass is 9.97. The standard InChI is InChI=1S/C38H38Cl2N6O6/c1-51-34(49)16-26(47)21-42-18-24-19-43-32-15-22(13-14-46(32)38(24)50)27-5-3-6-28(35(27)39)29-7-4-8-30(36(29)40)31-11-9-23(37(45-31)52-2)17-41-20-25-10-12-33(48)44-25/h3-9,11,13-15,19,25-26,41-42,47H,10,12,16-18,20-21H2,1-2H3,(H,44,48)/t25-,26+/m1/s1. The van der Waals surface area contributed by atoms with Crippen molar-refractivity contribution < 1.29 is 24.2 Å². The lowest BCUT2D eigenvalue weighted by molar-refractivity contribution is -0.142. The summed E-state index contributed by atoms with van der Waals surface area (Å²) in [5.74, 6) is 0.0444. The first kappa shape index (κ1) is 36.9. The summed E-state index contributed by atoms with van der Waals surface area (Å²) in [5.41, 5.74) is 5.74. The van der Waals surface area contributed by atoms with Crippen molar-refractivity contribution in [3.05, 3.63) is 105 Å². The second-order valence-electron chi connectivity index (χ2n) is 12.4. The number of carbonyl (C=O) groups excluding carboxylic acids is 2. The Morgan fingerprint density at radius 2 is 1.69 bits per heavy atom. The number of nitrogens with one attached hydrogen (secondary N) is 3. The van der Waals surface area contributed by atoms with Crippen LogP contribution in [-0.2, 0) is 27.4 Å². The summed E-state index contributed by atoms with van der Waals surface area (Å²) >= 11 is 14.2. The van der Waals surface area contributed by atoms with Crippen molar-refractivity contribution in [2.24, 2.45) is 0 Å². The maximum absolute atomic E-state index is 13.2. The minimum atomic E-state index is -0.941. The van der Waals surface area contributed by atoms with Crippen LogP contribution in [0.2, 0.25) is 10.0 Å². The van der Waals surface area contributed by atoms with Gasteiger partial charge >= 0.3 is 5.97 Å². The number of carbonyl (C=O) groups is 2. The summed E-state index contributed by atoms with van der Waals surface area (Å²) in [7, 11) is 2.84. The number of aliphatic hydroxyl groups is 1. The van der Waals surface area contributed by atoms with E-state index in [0.29, 0.717) is 57.9 Å². The number of halogens is 2. The van der Waals surface area contributed by atoms with Gasteiger partial charge in [-0.15, -0.1) is 0 Å². The number of methoxy groups -OCH3 is 2. The molecule has 12 nitrogen and oxygen atoms in total. The Morgan fingerprint density at radius 3 is 2.40 bits per heavy atom. The highest BCUT2D eigenvalue weighted by atomic mass is 35.5. The SMILES string of the molecule is COC(=O)C[C@H](O)CNCc1cnc2cc(-c3cccc(-c4cccc(-c5ccc(CNC[C@H]6CCC(=O)N6)c(OC)n5)c4Cl)c3Cl)ccn2c1=O. The van der Waals surface area contributed by atoms with E-state index in [9.17, 15) is 19.5 Å². The highest BCUT2D eigenvalue weighted by molar-refractivity contribution is 6.39. The third kappa shape index (κ3) is 8.27. The summed E-state index contributed by atoms with van der Waals surface area (Å²) in [6.07, 6.45) is 3.43. The zero-order chi connectivity index (χ0) is 36.8. The molecule has 0 spiro atoms. The number of hydrogen-bond donors (Lipinski definition) is 4. The van der Waals surface area contributed by atoms with E-state index in [2.05, 4.69) is 25.7 Å². The number of amides is 1. The number of esters is 1. The molecule has 0 unspecified atom stereocenters. The van der Waals surface area contributed by atoms with Crippen LogP contribution >= 0.6 is 23.2 Å². The smallest absolute Gasteiger partial charge is 0.308 e. The zero-order valence-electron chi connectivity index (χ0n) is 28.6. The molecular formula is C38H38Cl2N6O6. The summed E-state index contributed by atoms with van der Waals surface area (Å²) in [5, 5.41) is 20.3. The maximum atomic E-state index is 13.2. The van der Waals surface area contributed by atoms with Gasteiger partial charge < -0.3 is 30.5 Å². The van der Waals surface area contributed by atoms with Crippen LogP contribution in [0.15, 0.2) is 77.9 Å². The third-order valence-corrected chi connectivity index (χ3v) is 9.72. The molecule has 1 aliphatic rings. The fraction of sp³-hybridized carbons (Fsp3) is 0.289. The molecule has 1 saturated heterocycles. The summed E-state index contributed by atoms with van der Waals surface area (Å²) < 4.78 is 11.6. The van der Waals surface area contributed by atoms with E-state index in [1.165, 1.54) is 17.7 Å². The van der Waals surface area contributed by atoms with Crippen molar-refractivity contribution in [3.63, 3.8) is 0 Å². The van der Waals surface area contributed by atoms with Gasteiger partial charge in [0.15, 0.2) is 0 Å².